The highest BCUT2D eigenvalue weighted by Gasteiger charge is 2.65. The Morgan fingerprint density at radius 1 is 1.00 bits per heavy atom. The van der Waals surface area contributed by atoms with Crippen molar-refractivity contribution in [1.29, 1.82) is 0 Å². The number of hydrogen-bond donors (Lipinski definition) is 1. The van der Waals surface area contributed by atoms with Crippen molar-refractivity contribution in [3.63, 3.8) is 0 Å². The number of aliphatic hydroxyl groups excluding tert-OH is 1. The molecule has 0 aromatic rings. The van der Waals surface area contributed by atoms with Crippen LogP contribution < -0.4 is 0 Å². The minimum Gasteiger partial charge on any atom is -0.392 e. The minimum atomic E-state index is -0.171. The van der Waals surface area contributed by atoms with Crippen molar-refractivity contribution in [2.24, 2.45) is 38.9 Å². The van der Waals surface area contributed by atoms with Gasteiger partial charge in [0.05, 0.1) is 6.10 Å². The highest BCUT2D eigenvalue weighted by molar-refractivity contribution is 5.30. The Morgan fingerprint density at radius 2 is 1.71 bits per heavy atom. The molecular weight excluding hydrogens is 376 g/mol. The predicted molar refractivity (Wildman–Crippen MR) is 133 cm³/mol. The summed E-state index contributed by atoms with van der Waals surface area (Å²) in [6, 6.07) is 0. The van der Waals surface area contributed by atoms with E-state index in [2.05, 4.69) is 67.5 Å². The van der Waals surface area contributed by atoms with Gasteiger partial charge in [0.1, 0.15) is 0 Å². The van der Waals surface area contributed by atoms with Gasteiger partial charge in [-0.3, -0.25) is 0 Å². The summed E-state index contributed by atoms with van der Waals surface area (Å²) in [5.41, 5.74) is 4.83. The molecule has 176 valence electrons. The number of aliphatic hydroxyl groups is 1. The molecule has 1 unspecified atom stereocenters. The van der Waals surface area contributed by atoms with Gasteiger partial charge < -0.3 is 5.11 Å². The zero-order valence-corrected chi connectivity index (χ0v) is 21.9. The number of fused-ring (bicyclic) bond motifs is 5. The molecule has 1 nitrogen and oxygen atoms in total. The fraction of sp³-hybridized carbons (Fsp3) is 0.867. The molecule has 4 aliphatic carbocycles. The maximum absolute atomic E-state index is 10.8. The second-order valence-corrected chi connectivity index (χ2v) is 14.1. The Bertz CT molecular complexity index is 769. The van der Waals surface area contributed by atoms with Crippen LogP contribution in [0.5, 0.6) is 0 Å². The lowest BCUT2D eigenvalue weighted by Crippen LogP contribution is -2.61. The van der Waals surface area contributed by atoms with Crippen molar-refractivity contribution >= 4 is 0 Å². The van der Waals surface area contributed by atoms with Gasteiger partial charge in [0.15, 0.2) is 0 Å². The van der Waals surface area contributed by atoms with Crippen molar-refractivity contribution in [2.45, 2.75) is 126 Å². The molecule has 0 saturated heterocycles. The van der Waals surface area contributed by atoms with E-state index >= 15 is 0 Å². The van der Waals surface area contributed by atoms with Crippen LogP contribution in [0.2, 0.25) is 0 Å². The highest BCUT2D eigenvalue weighted by atomic mass is 16.3. The molecule has 0 bridgehead atoms. The molecular formula is C30H50O. The fourth-order valence-electron chi connectivity index (χ4n) is 9.20. The lowest BCUT2D eigenvalue weighted by atomic mass is 9.35. The van der Waals surface area contributed by atoms with Gasteiger partial charge in [-0.05, 0) is 112 Å². The molecule has 0 heterocycles. The first kappa shape index (κ1) is 23.6. The van der Waals surface area contributed by atoms with E-state index in [0.29, 0.717) is 27.6 Å². The summed E-state index contributed by atoms with van der Waals surface area (Å²) in [6.45, 7) is 19.7. The standard InChI is InChI=1S/C30H50O/c1-21(2)10-9-15-27(5)16-19-30(8)24-13-11-22-23(12-14-25(31)26(22,3)4)29(24,7)18-17-28(30,6)20-27/h10-11,23-25,31H,9,12-20H2,1-8H3/t23-,24+,25+,27-,28+,29+,30?/m1/s1. The first-order chi connectivity index (χ1) is 14.3. The first-order valence-electron chi connectivity index (χ1n) is 13.3. The molecule has 0 aromatic heterocycles. The molecule has 4 rings (SSSR count). The minimum absolute atomic E-state index is 0.0470. The molecule has 1 N–H and O–H groups in total. The molecule has 1 heteroatoms. The van der Waals surface area contributed by atoms with Crippen molar-refractivity contribution in [3.05, 3.63) is 23.3 Å². The molecule has 0 amide bonds. The van der Waals surface area contributed by atoms with Gasteiger partial charge in [-0.1, -0.05) is 64.8 Å². The van der Waals surface area contributed by atoms with Crippen molar-refractivity contribution < 1.29 is 5.11 Å². The Kier molecular flexibility index (Phi) is 5.69. The molecule has 0 radical (unpaired) electrons. The smallest absolute Gasteiger partial charge is 0.0628 e. The van der Waals surface area contributed by atoms with Crippen LogP contribution in [0, 0.1) is 38.9 Å². The SMILES string of the molecule is CC(C)=CCC[C@]1(C)CCC2(C)[C@H]3CC=C4[C@@H](CC[C@H](O)C4(C)C)[C@]3(C)CC[C@@]2(C)C1. The van der Waals surface area contributed by atoms with Crippen molar-refractivity contribution in [2.75, 3.05) is 0 Å². The Morgan fingerprint density at radius 3 is 2.39 bits per heavy atom. The van der Waals surface area contributed by atoms with Gasteiger partial charge >= 0.3 is 0 Å². The van der Waals surface area contributed by atoms with Crippen LogP contribution in [-0.4, -0.2) is 11.2 Å². The second-order valence-electron chi connectivity index (χ2n) is 14.1. The number of allylic oxidation sites excluding steroid dienone is 3. The van der Waals surface area contributed by atoms with Gasteiger partial charge in [0.25, 0.3) is 0 Å². The average molecular weight is 427 g/mol. The largest absolute Gasteiger partial charge is 0.392 e. The lowest BCUT2D eigenvalue weighted by molar-refractivity contribution is -0.183. The Labute approximate surface area is 193 Å². The zero-order chi connectivity index (χ0) is 22.9. The van der Waals surface area contributed by atoms with Gasteiger partial charge in [0.2, 0.25) is 0 Å². The summed E-state index contributed by atoms with van der Waals surface area (Å²) in [6.07, 6.45) is 17.9. The first-order valence-corrected chi connectivity index (χ1v) is 13.3. The summed E-state index contributed by atoms with van der Waals surface area (Å²) < 4.78 is 0. The summed E-state index contributed by atoms with van der Waals surface area (Å²) in [4.78, 5) is 0. The third-order valence-corrected chi connectivity index (χ3v) is 11.6. The van der Waals surface area contributed by atoms with Crippen LogP contribution in [0.1, 0.15) is 120 Å². The van der Waals surface area contributed by atoms with E-state index < -0.39 is 0 Å². The van der Waals surface area contributed by atoms with Crippen LogP contribution in [-0.2, 0) is 0 Å². The van der Waals surface area contributed by atoms with E-state index in [9.17, 15) is 5.11 Å². The van der Waals surface area contributed by atoms with Crippen LogP contribution >= 0.6 is 0 Å². The van der Waals surface area contributed by atoms with E-state index in [1.807, 2.05) is 0 Å². The maximum atomic E-state index is 10.8. The molecule has 0 aliphatic heterocycles. The number of hydrogen-bond acceptors (Lipinski definition) is 1. The van der Waals surface area contributed by atoms with Crippen LogP contribution in [0.25, 0.3) is 0 Å². The predicted octanol–water partition coefficient (Wildman–Crippen LogP) is 8.48. The van der Waals surface area contributed by atoms with Crippen molar-refractivity contribution in [3.8, 4) is 0 Å². The zero-order valence-electron chi connectivity index (χ0n) is 21.9. The second kappa shape index (κ2) is 7.48. The summed E-state index contributed by atoms with van der Waals surface area (Å²) in [7, 11) is 0. The van der Waals surface area contributed by atoms with E-state index in [1.54, 1.807) is 5.57 Å². The van der Waals surface area contributed by atoms with Crippen LogP contribution in [0.3, 0.4) is 0 Å². The topological polar surface area (TPSA) is 20.2 Å². The Balaban J connectivity index is 1.63. The summed E-state index contributed by atoms with van der Waals surface area (Å²) >= 11 is 0. The molecule has 0 spiro atoms. The summed E-state index contributed by atoms with van der Waals surface area (Å²) in [5, 5.41) is 10.8. The molecule has 31 heavy (non-hydrogen) atoms. The van der Waals surface area contributed by atoms with Crippen LogP contribution in [0.15, 0.2) is 23.3 Å². The maximum Gasteiger partial charge on any atom is 0.0628 e. The Hall–Kier alpha value is -0.560. The molecule has 3 saturated carbocycles. The van der Waals surface area contributed by atoms with Gasteiger partial charge in [-0.2, -0.15) is 0 Å². The van der Waals surface area contributed by atoms with Gasteiger partial charge in [-0.15, -0.1) is 0 Å². The number of rotatable bonds is 3. The third-order valence-electron chi connectivity index (χ3n) is 11.6. The third kappa shape index (κ3) is 3.51. The monoisotopic (exact) mass is 426 g/mol. The van der Waals surface area contributed by atoms with E-state index in [1.165, 1.54) is 63.4 Å². The molecule has 3 fully saturated rings. The average Bonchev–Trinajstić information content (AvgIpc) is 2.66. The molecule has 7 atom stereocenters. The van der Waals surface area contributed by atoms with Gasteiger partial charge in [-0.25, -0.2) is 0 Å². The van der Waals surface area contributed by atoms with E-state index in [4.69, 9.17) is 0 Å². The quantitative estimate of drug-likeness (QED) is 0.449. The highest BCUT2D eigenvalue weighted by Crippen LogP contribution is 2.73. The molecule has 0 aromatic carbocycles. The van der Waals surface area contributed by atoms with Gasteiger partial charge in [0, 0.05) is 5.41 Å². The fourth-order valence-corrected chi connectivity index (χ4v) is 9.20. The normalized spacial score (nSPS) is 48.7. The van der Waals surface area contributed by atoms with Crippen molar-refractivity contribution in [1.82, 2.24) is 0 Å². The lowest BCUT2D eigenvalue weighted by Gasteiger charge is -2.69. The van der Waals surface area contributed by atoms with Crippen LogP contribution in [0.4, 0.5) is 0 Å². The van der Waals surface area contributed by atoms with E-state index in [-0.39, 0.29) is 11.5 Å². The van der Waals surface area contributed by atoms with E-state index in [0.717, 1.165) is 12.3 Å². The molecule has 4 aliphatic rings. The summed E-state index contributed by atoms with van der Waals surface area (Å²) in [5.74, 6) is 1.47.